The molecule has 0 radical (unpaired) electrons. The maximum Gasteiger partial charge on any atom is 0.298 e. The first kappa shape index (κ1) is 11.8. The summed E-state index contributed by atoms with van der Waals surface area (Å²) >= 11 is 1.15. The summed E-state index contributed by atoms with van der Waals surface area (Å²) in [5.41, 5.74) is 5.87. The van der Waals surface area contributed by atoms with Crippen LogP contribution >= 0.6 is 11.5 Å². The zero-order chi connectivity index (χ0) is 12.4. The van der Waals surface area contributed by atoms with Crippen LogP contribution in [0.5, 0.6) is 10.9 Å². The molecule has 0 aliphatic rings. The summed E-state index contributed by atoms with van der Waals surface area (Å²) in [6.45, 7) is 4.00. The number of ether oxygens (including phenoxy) is 1. The Balaban J connectivity index is 2.19. The molecule has 2 rings (SSSR count). The minimum absolute atomic E-state index is 0.242. The highest BCUT2D eigenvalue weighted by molar-refractivity contribution is 7.07. The van der Waals surface area contributed by atoms with Crippen LogP contribution < -0.4 is 10.5 Å². The van der Waals surface area contributed by atoms with Crippen molar-refractivity contribution >= 4 is 17.2 Å². The van der Waals surface area contributed by atoms with Crippen LogP contribution in [0.2, 0.25) is 0 Å². The molecule has 4 nitrogen and oxygen atoms in total. The van der Waals surface area contributed by atoms with Crippen molar-refractivity contribution in [1.29, 1.82) is 0 Å². The van der Waals surface area contributed by atoms with Crippen molar-refractivity contribution in [1.82, 2.24) is 9.36 Å². The SMILES string of the molecule is CC(C)c1nsc(Oc2ccc(F)cc2N)n1. The van der Waals surface area contributed by atoms with Gasteiger partial charge in [-0.05, 0) is 12.1 Å². The Bertz CT molecular complexity index is 527. The van der Waals surface area contributed by atoms with Gasteiger partial charge in [-0.25, -0.2) is 4.39 Å². The monoisotopic (exact) mass is 253 g/mol. The molecule has 0 aliphatic heterocycles. The van der Waals surface area contributed by atoms with E-state index in [4.69, 9.17) is 10.5 Å². The third kappa shape index (κ3) is 2.71. The Labute approximate surface area is 102 Å². The highest BCUT2D eigenvalue weighted by atomic mass is 32.1. The molecule has 6 heteroatoms. The molecule has 2 N–H and O–H groups in total. The second-order valence-electron chi connectivity index (χ2n) is 3.86. The number of nitrogens with two attached hydrogens (primary N) is 1. The quantitative estimate of drug-likeness (QED) is 0.853. The number of aromatic nitrogens is 2. The van der Waals surface area contributed by atoms with E-state index in [1.807, 2.05) is 13.8 Å². The number of anilines is 1. The normalized spacial score (nSPS) is 10.8. The highest BCUT2D eigenvalue weighted by Crippen LogP contribution is 2.29. The number of rotatable bonds is 3. The smallest absolute Gasteiger partial charge is 0.298 e. The minimum atomic E-state index is -0.394. The van der Waals surface area contributed by atoms with E-state index in [9.17, 15) is 4.39 Å². The van der Waals surface area contributed by atoms with E-state index in [0.29, 0.717) is 10.9 Å². The summed E-state index contributed by atoms with van der Waals surface area (Å²) in [7, 11) is 0. The van der Waals surface area contributed by atoms with E-state index >= 15 is 0 Å². The van der Waals surface area contributed by atoms with Crippen molar-refractivity contribution in [2.75, 3.05) is 5.73 Å². The van der Waals surface area contributed by atoms with Crippen molar-refractivity contribution in [2.24, 2.45) is 0 Å². The number of benzene rings is 1. The van der Waals surface area contributed by atoms with Crippen LogP contribution in [0.25, 0.3) is 0 Å². The minimum Gasteiger partial charge on any atom is -0.428 e. The third-order valence-corrected chi connectivity index (χ3v) is 2.72. The Hall–Kier alpha value is -1.69. The first-order valence-electron chi connectivity index (χ1n) is 5.12. The standard InChI is InChI=1S/C11H12FN3OS/c1-6(2)10-14-11(17-15-10)16-9-4-3-7(12)5-8(9)13/h3-6H,13H2,1-2H3. The molecular weight excluding hydrogens is 241 g/mol. The molecule has 0 saturated carbocycles. The molecule has 17 heavy (non-hydrogen) atoms. The van der Waals surface area contributed by atoms with Crippen LogP contribution in [-0.2, 0) is 0 Å². The van der Waals surface area contributed by atoms with Gasteiger partial charge in [-0.3, -0.25) is 0 Å². The average molecular weight is 253 g/mol. The van der Waals surface area contributed by atoms with Gasteiger partial charge in [-0.2, -0.15) is 9.36 Å². The van der Waals surface area contributed by atoms with E-state index < -0.39 is 5.82 Å². The third-order valence-electron chi connectivity index (χ3n) is 2.11. The maximum absolute atomic E-state index is 12.8. The Morgan fingerprint density at radius 1 is 1.41 bits per heavy atom. The molecule has 2 aromatic rings. The lowest BCUT2D eigenvalue weighted by Gasteiger charge is -2.04. The van der Waals surface area contributed by atoms with E-state index in [1.165, 1.54) is 18.2 Å². The molecule has 90 valence electrons. The molecule has 0 bridgehead atoms. The number of hydrogen-bond acceptors (Lipinski definition) is 5. The van der Waals surface area contributed by atoms with Crippen LogP contribution in [0.1, 0.15) is 25.6 Å². The highest BCUT2D eigenvalue weighted by Gasteiger charge is 2.10. The molecule has 1 heterocycles. The second kappa shape index (κ2) is 4.67. The van der Waals surface area contributed by atoms with Gasteiger partial charge in [-0.1, -0.05) is 13.8 Å². The summed E-state index contributed by atoms with van der Waals surface area (Å²) in [5, 5.41) is 0.409. The average Bonchev–Trinajstić information content (AvgIpc) is 2.71. The van der Waals surface area contributed by atoms with E-state index in [-0.39, 0.29) is 11.6 Å². The summed E-state index contributed by atoms with van der Waals surface area (Å²) in [6.07, 6.45) is 0. The lowest BCUT2D eigenvalue weighted by molar-refractivity contribution is 0.476. The van der Waals surface area contributed by atoms with E-state index in [0.717, 1.165) is 17.4 Å². The van der Waals surface area contributed by atoms with Crippen molar-refractivity contribution < 1.29 is 9.13 Å². The summed E-state index contributed by atoms with van der Waals surface area (Å²) < 4.78 is 22.4. The van der Waals surface area contributed by atoms with Crippen molar-refractivity contribution in [3.05, 3.63) is 29.8 Å². The lowest BCUT2D eigenvalue weighted by atomic mass is 10.2. The molecule has 1 aromatic carbocycles. The number of hydrogen-bond donors (Lipinski definition) is 1. The first-order valence-corrected chi connectivity index (χ1v) is 5.90. The summed E-state index contributed by atoms with van der Waals surface area (Å²) in [5.74, 6) is 0.965. The van der Waals surface area contributed by atoms with Gasteiger partial charge in [0.1, 0.15) is 11.6 Å². The largest absolute Gasteiger partial charge is 0.428 e. The Kier molecular flexibility index (Phi) is 3.23. The van der Waals surface area contributed by atoms with Crippen LogP contribution in [0.4, 0.5) is 10.1 Å². The van der Waals surface area contributed by atoms with Crippen LogP contribution in [0.15, 0.2) is 18.2 Å². The molecular formula is C11H12FN3OS. The predicted molar refractivity (Wildman–Crippen MR) is 64.9 cm³/mol. The summed E-state index contributed by atoms with van der Waals surface area (Å²) in [6, 6.07) is 3.97. The first-order chi connectivity index (χ1) is 8.06. The lowest BCUT2D eigenvalue weighted by Crippen LogP contribution is -1.93. The van der Waals surface area contributed by atoms with Crippen LogP contribution in [0.3, 0.4) is 0 Å². The molecule has 0 atom stereocenters. The van der Waals surface area contributed by atoms with E-state index in [2.05, 4.69) is 9.36 Å². The van der Waals surface area contributed by atoms with E-state index in [1.54, 1.807) is 0 Å². The van der Waals surface area contributed by atoms with Gasteiger partial charge in [0.25, 0.3) is 5.19 Å². The van der Waals surface area contributed by atoms with Gasteiger partial charge >= 0.3 is 0 Å². The molecule has 0 unspecified atom stereocenters. The number of halogens is 1. The van der Waals surface area contributed by atoms with Crippen molar-refractivity contribution in [3.8, 4) is 10.9 Å². The zero-order valence-electron chi connectivity index (χ0n) is 9.48. The van der Waals surface area contributed by atoms with Gasteiger partial charge in [0.2, 0.25) is 0 Å². The Morgan fingerprint density at radius 2 is 2.18 bits per heavy atom. The fourth-order valence-electron chi connectivity index (χ4n) is 1.20. The van der Waals surface area contributed by atoms with Crippen molar-refractivity contribution in [2.45, 2.75) is 19.8 Å². The Morgan fingerprint density at radius 3 is 2.76 bits per heavy atom. The topological polar surface area (TPSA) is 61.0 Å². The fraction of sp³-hybridized carbons (Fsp3) is 0.273. The van der Waals surface area contributed by atoms with Crippen LogP contribution in [0, 0.1) is 5.82 Å². The van der Waals surface area contributed by atoms with Gasteiger partial charge in [0.05, 0.1) is 5.69 Å². The molecule has 0 amide bonds. The van der Waals surface area contributed by atoms with Gasteiger partial charge in [-0.15, -0.1) is 0 Å². The maximum atomic E-state index is 12.8. The molecule has 0 fully saturated rings. The van der Waals surface area contributed by atoms with Gasteiger partial charge in [0, 0.05) is 23.5 Å². The molecule has 0 spiro atoms. The van der Waals surface area contributed by atoms with Gasteiger partial charge < -0.3 is 10.5 Å². The second-order valence-corrected chi connectivity index (χ2v) is 4.57. The van der Waals surface area contributed by atoms with Crippen molar-refractivity contribution in [3.63, 3.8) is 0 Å². The number of nitrogens with zero attached hydrogens (tertiary/aromatic N) is 2. The zero-order valence-corrected chi connectivity index (χ0v) is 10.3. The predicted octanol–water partition coefficient (Wildman–Crippen LogP) is 3.18. The molecule has 1 aromatic heterocycles. The van der Waals surface area contributed by atoms with Gasteiger partial charge in [0.15, 0.2) is 5.75 Å². The summed E-state index contributed by atoms with van der Waals surface area (Å²) in [4.78, 5) is 4.20. The fourth-order valence-corrected chi connectivity index (χ4v) is 1.89. The molecule has 0 saturated heterocycles. The van der Waals surface area contributed by atoms with Crippen LogP contribution in [-0.4, -0.2) is 9.36 Å². The molecule has 0 aliphatic carbocycles. The number of nitrogen functional groups attached to an aromatic ring is 1.